The van der Waals surface area contributed by atoms with E-state index >= 15 is 0 Å². The largest absolute Gasteiger partial charge is 0.438 e. The van der Waals surface area contributed by atoms with E-state index in [0.717, 1.165) is 0 Å². The highest BCUT2D eigenvalue weighted by Gasteiger charge is 2.10. The quantitative estimate of drug-likeness (QED) is 0.820. The Morgan fingerprint density at radius 2 is 2.18 bits per heavy atom. The Labute approximate surface area is 97.5 Å². The molecular weight excluding hydrogens is 220 g/mol. The Bertz CT molecular complexity index is 547. The van der Waals surface area contributed by atoms with Crippen LogP contribution in [0.3, 0.4) is 0 Å². The third-order valence-corrected chi connectivity index (χ3v) is 2.18. The number of aromatic nitrogens is 1. The van der Waals surface area contributed by atoms with Crippen LogP contribution in [0.25, 0.3) is 0 Å². The number of amides is 1. The van der Waals surface area contributed by atoms with E-state index in [0.29, 0.717) is 11.3 Å². The number of ketones is 1. The van der Waals surface area contributed by atoms with Gasteiger partial charge in [-0.2, -0.15) is 0 Å². The number of carbonyl (C=O) groups is 2. The van der Waals surface area contributed by atoms with Crippen molar-refractivity contribution in [2.24, 2.45) is 0 Å². The third-order valence-electron chi connectivity index (χ3n) is 2.18. The van der Waals surface area contributed by atoms with Gasteiger partial charge in [0.2, 0.25) is 5.76 Å². The zero-order valence-corrected chi connectivity index (χ0v) is 9.14. The lowest BCUT2D eigenvalue weighted by Crippen LogP contribution is -2.11. The molecule has 1 aromatic heterocycles. The average Bonchev–Trinajstić information content (AvgIpc) is 2.82. The molecule has 0 aliphatic carbocycles. The molecule has 0 unspecified atom stereocenters. The number of benzene rings is 1. The molecule has 0 aliphatic rings. The number of rotatable bonds is 3. The molecule has 86 valence electrons. The summed E-state index contributed by atoms with van der Waals surface area (Å²) < 4.78 is 4.86. The van der Waals surface area contributed by atoms with Crippen molar-refractivity contribution >= 4 is 17.4 Å². The zero-order valence-electron chi connectivity index (χ0n) is 9.14. The lowest BCUT2D eigenvalue weighted by Gasteiger charge is -2.03. The van der Waals surface area contributed by atoms with Crippen LogP contribution in [0, 0.1) is 0 Å². The summed E-state index contributed by atoms with van der Waals surface area (Å²) in [5.41, 5.74) is 1.08. The number of oxazole rings is 1. The van der Waals surface area contributed by atoms with Crippen molar-refractivity contribution in [2.75, 3.05) is 5.32 Å². The van der Waals surface area contributed by atoms with E-state index < -0.39 is 5.91 Å². The molecule has 1 aromatic carbocycles. The lowest BCUT2D eigenvalue weighted by molar-refractivity contribution is 0.0992. The molecule has 5 heteroatoms. The molecule has 2 aromatic rings. The number of nitrogens with one attached hydrogen (secondary N) is 1. The predicted octanol–water partition coefficient (Wildman–Crippen LogP) is 2.13. The van der Waals surface area contributed by atoms with Crippen LogP contribution in [0.1, 0.15) is 27.8 Å². The molecule has 0 spiro atoms. The Hall–Kier alpha value is -2.43. The first-order valence-corrected chi connectivity index (χ1v) is 4.97. The molecule has 5 nitrogen and oxygen atoms in total. The normalized spacial score (nSPS) is 9.94. The summed E-state index contributed by atoms with van der Waals surface area (Å²) >= 11 is 0. The monoisotopic (exact) mass is 230 g/mol. The van der Waals surface area contributed by atoms with Crippen LogP contribution in [0.4, 0.5) is 5.69 Å². The summed E-state index contributed by atoms with van der Waals surface area (Å²) in [7, 11) is 0. The first-order valence-electron chi connectivity index (χ1n) is 4.97. The molecule has 1 heterocycles. The molecule has 17 heavy (non-hydrogen) atoms. The summed E-state index contributed by atoms with van der Waals surface area (Å²) in [6.07, 6.45) is 2.51. The van der Waals surface area contributed by atoms with Crippen molar-refractivity contribution in [3.8, 4) is 0 Å². The van der Waals surface area contributed by atoms with Crippen molar-refractivity contribution in [3.63, 3.8) is 0 Å². The SMILES string of the molecule is CC(=O)c1cccc(NC(=O)c2cnco2)c1. The van der Waals surface area contributed by atoms with Crippen LogP contribution in [-0.4, -0.2) is 16.7 Å². The Balaban J connectivity index is 2.16. The van der Waals surface area contributed by atoms with Gasteiger partial charge in [0, 0.05) is 11.3 Å². The maximum Gasteiger partial charge on any atom is 0.293 e. The number of nitrogens with zero attached hydrogens (tertiary/aromatic N) is 1. The topological polar surface area (TPSA) is 72.2 Å². The molecular formula is C12H10N2O3. The average molecular weight is 230 g/mol. The second-order valence-corrected chi connectivity index (χ2v) is 3.46. The second kappa shape index (κ2) is 4.61. The van der Waals surface area contributed by atoms with E-state index in [1.807, 2.05) is 0 Å². The van der Waals surface area contributed by atoms with E-state index in [-0.39, 0.29) is 11.5 Å². The van der Waals surface area contributed by atoms with Gasteiger partial charge >= 0.3 is 0 Å². The zero-order chi connectivity index (χ0) is 12.3. The van der Waals surface area contributed by atoms with Crippen LogP contribution in [0.15, 0.2) is 41.3 Å². The summed E-state index contributed by atoms with van der Waals surface area (Å²) in [6, 6.07) is 6.69. The van der Waals surface area contributed by atoms with Gasteiger partial charge < -0.3 is 9.73 Å². The van der Waals surface area contributed by atoms with Gasteiger partial charge in [-0.05, 0) is 19.1 Å². The van der Waals surface area contributed by atoms with Crippen LogP contribution in [0.5, 0.6) is 0 Å². The number of hydrogen-bond acceptors (Lipinski definition) is 4. The minimum atomic E-state index is -0.400. The molecule has 0 saturated heterocycles. The third kappa shape index (κ3) is 2.57. The Morgan fingerprint density at radius 3 is 2.82 bits per heavy atom. The summed E-state index contributed by atoms with van der Waals surface area (Å²) in [4.78, 5) is 26.4. The first-order chi connectivity index (χ1) is 8.16. The lowest BCUT2D eigenvalue weighted by atomic mass is 10.1. The van der Waals surface area contributed by atoms with Crippen LogP contribution in [0.2, 0.25) is 0 Å². The van der Waals surface area contributed by atoms with Gasteiger partial charge in [0.05, 0.1) is 6.20 Å². The van der Waals surface area contributed by atoms with Gasteiger partial charge in [-0.15, -0.1) is 0 Å². The highest BCUT2D eigenvalue weighted by Crippen LogP contribution is 2.12. The van der Waals surface area contributed by atoms with Crippen LogP contribution >= 0.6 is 0 Å². The minimum Gasteiger partial charge on any atom is -0.438 e. The summed E-state index contributed by atoms with van der Waals surface area (Å²) in [6.45, 7) is 1.47. The molecule has 1 amide bonds. The highest BCUT2D eigenvalue weighted by molar-refractivity contribution is 6.03. The van der Waals surface area contributed by atoms with Gasteiger partial charge in [0.1, 0.15) is 0 Å². The molecule has 0 bridgehead atoms. The molecule has 0 radical (unpaired) electrons. The van der Waals surface area contributed by atoms with E-state index in [2.05, 4.69) is 10.3 Å². The maximum absolute atomic E-state index is 11.6. The molecule has 0 atom stereocenters. The molecule has 0 fully saturated rings. The smallest absolute Gasteiger partial charge is 0.293 e. The Morgan fingerprint density at radius 1 is 1.35 bits per heavy atom. The van der Waals surface area contributed by atoms with Gasteiger partial charge in [-0.25, -0.2) is 4.98 Å². The first kappa shape index (κ1) is 11.1. The maximum atomic E-state index is 11.6. The van der Waals surface area contributed by atoms with Crippen LogP contribution < -0.4 is 5.32 Å². The fourth-order valence-electron chi connectivity index (χ4n) is 1.34. The van der Waals surface area contributed by atoms with Crippen molar-refractivity contribution < 1.29 is 14.0 Å². The molecule has 1 N–H and O–H groups in total. The second-order valence-electron chi connectivity index (χ2n) is 3.46. The van der Waals surface area contributed by atoms with E-state index in [9.17, 15) is 9.59 Å². The number of carbonyl (C=O) groups excluding carboxylic acids is 2. The van der Waals surface area contributed by atoms with Crippen molar-refractivity contribution in [1.29, 1.82) is 0 Å². The van der Waals surface area contributed by atoms with Gasteiger partial charge in [-0.3, -0.25) is 9.59 Å². The van der Waals surface area contributed by atoms with Crippen molar-refractivity contribution in [1.82, 2.24) is 4.98 Å². The van der Waals surface area contributed by atoms with E-state index in [4.69, 9.17) is 4.42 Å². The fourth-order valence-corrected chi connectivity index (χ4v) is 1.34. The molecule has 0 aliphatic heterocycles. The van der Waals surface area contributed by atoms with E-state index in [1.54, 1.807) is 24.3 Å². The molecule has 2 rings (SSSR count). The van der Waals surface area contributed by atoms with Crippen molar-refractivity contribution in [2.45, 2.75) is 6.92 Å². The summed E-state index contributed by atoms with van der Waals surface area (Å²) in [5, 5.41) is 2.61. The summed E-state index contributed by atoms with van der Waals surface area (Å²) in [5.74, 6) is -0.331. The predicted molar refractivity (Wildman–Crippen MR) is 60.9 cm³/mol. The standard InChI is InChI=1S/C12H10N2O3/c1-8(15)9-3-2-4-10(5-9)14-12(16)11-6-13-7-17-11/h2-7H,1H3,(H,14,16). The number of hydrogen-bond donors (Lipinski definition) is 1. The highest BCUT2D eigenvalue weighted by atomic mass is 16.3. The number of anilines is 1. The minimum absolute atomic E-state index is 0.0548. The van der Waals surface area contributed by atoms with Gasteiger partial charge in [0.15, 0.2) is 12.2 Å². The van der Waals surface area contributed by atoms with Crippen molar-refractivity contribution in [3.05, 3.63) is 48.2 Å². The van der Waals surface area contributed by atoms with Crippen LogP contribution in [-0.2, 0) is 0 Å². The van der Waals surface area contributed by atoms with E-state index in [1.165, 1.54) is 19.5 Å². The molecule has 0 saturated carbocycles. The number of Topliss-reactive ketones (excluding diaryl/α,β-unsaturated/α-hetero) is 1. The Kier molecular flexibility index (Phi) is 3.00. The van der Waals surface area contributed by atoms with Gasteiger partial charge in [0.25, 0.3) is 5.91 Å². The van der Waals surface area contributed by atoms with Gasteiger partial charge in [-0.1, -0.05) is 12.1 Å². The fraction of sp³-hybridized carbons (Fsp3) is 0.0833.